The first kappa shape index (κ1) is 40.5. The van der Waals surface area contributed by atoms with E-state index >= 15 is 0 Å². The van der Waals surface area contributed by atoms with Crippen LogP contribution in [0.1, 0.15) is 70.8 Å². The average Bonchev–Trinajstić information content (AvgIpc) is 3.08. The molecule has 1 aromatic heterocycles. The Morgan fingerprint density at radius 3 is 2.49 bits per heavy atom. The highest BCUT2D eigenvalue weighted by Gasteiger charge is 2.34. The fourth-order valence-corrected chi connectivity index (χ4v) is 5.55. The van der Waals surface area contributed by atoms with Crippen molar-refractivity contribution in [3.63, 3.8) is 0 Å². The number of Topliss-reactive ketones (excluding diaryl/α,β-unsaturated/α-hetero) is 1. The van der Waals surface area contributed by atoms with Gasteiger partial charge in [-0.15, -0.1) is 0 Å². The van der Waals surface area contributed by atoms with E-state index in [-0.39, 0.29) is 52.5 Å². The predicted octanol–water partition coefficient (Wildman–Crippen LogP) is 6.94. The summed E-state index contributed by atoms with van der Waals surface area (Å²) in [5.74, 6) is -3.37. The third-order valence-corrected chi connectivity index (χ3v) is 8.22. The van der Waals surface area contributed by atoms with Gasteiger partial charge in [-0.1, -0.05) is 54.7 Å². The number of carbonyl (C=O) groups is 2. The Balaban J connectivity index is 1.67. The summed E-state index contributed by atoms with van der Waals surface area (Å²) >= 11 is 5.19. The zero-order valence-electron chi connectivity index (χ0n) is 28.0. The number of aliphatic hydroxyl groups excluding tert-OH is 1. The molecule has 282 valence electrons. The van der Waals surface area contributed by atoms with Crippen LogP contribution in [0.15, 0.2) is 69.9 Å². The number of phenols is 1. The number of hydrogen-bond acceptors (Lipinski definition) is 10. The van der Waals surface area contributed by atoms with Crippen molar-refractivity contribution in [3.05, 3.63) is 109 Å². The molecular weight excluding hydrogens is 734 g/mol. The zero-order chi connectivity index (χ0) is 39.1. The molecule has 0 aliphatic heterocycles. The largest absolute Gasteiger partial charge is 0.516 e. The molecule has 1 aliphatic carbocycles. The summed E-state index contributed by atoms with van der Waals surface area (Å²) in [4.78, 5) is 38.3. The van der Waals surface area contributed by atoms with E-state index in [9.17, 15) is 50.9 Å². The third kappa shape index (κ3) is 10.4. The smallest absolute Gasteiger partial charge is 0.507 e. The molecule has 2 aromatic carbocycles. The SMILES string of the molecule is COC(=O)Oc1oc2c(c(=O)c1[C@H](/C=C/C=C\CCOc1ccc(C(C)=O)c(O)c1CCC(F)(F)F)[C@@H](O)c1cccc(C(F)(F)F)c1)=CCC(=S)C=2. The first-order valence-corrected chi connectivity index (χ1v) is 16.2. The molecule has 1 aliphatic rings. The van der Waals surface area contributed by atoms with E-state index in [2.05, 4.69) is 4.74 Å². The van der Waals surface area contributed by atoms with Crippen molar-refractivity contribution in [1.82, 2.24) is 0 Å². The Bertz CT molecular complexity index is 2120. The number of halogens is 6. The molecule has 0 spiro atoms. The molecule has 0 saturated heterocycles. The fraction of sp³-hybridized carbons (Fsp3) is 0.297. The summed E-state index contributed by atoms with van der Waals surface area (Å²) in [6, 6.07) is 6.33. The number of phenolic OH excluding ortho intramolecular Hbond substituents is 1. The van der Waals surface area contributed by atoms with Gasteiger partial charge in [-0.3, -0.25) is 9.59 Å². The number of rotatable bonds is 13. The lowest BCUT2D eigenvalue weighted by molar-refractivity contribution is -0.137. The van der Waals surface area contributed by atoms with Gasteiger partial charge in [0.1, 0.15) is 16.9 Å². The topological polar surface area (TPSA) is 133 Å². The van der Waals surface area contributed by atoms with Crippen LogP contribution in [0.5, 0.6) is 17.4 Å². The zero-order valence-corrected chi connectivity index (χ0v) is 28.9. The molecule has 0 unspecified atom stereocenters. The van der Waals surface area contributed by atoms with E-state index in [0.717, 1.165) is 26.2 Å². The molecule has 0 fully saturated rings. The van der Waals surface area contributed by atoms with Gasteiger partial charge in [-0.05, 0) is 55.7 Å². The van der Waals surface area contributed by atoms with Crippen molar-refractivity contribution in [2.45, 2.75) is 57.0 Å². The van der Waals surface area contributed by atoms with Crippen LogP contribution >= 0.6 is 12.2 Å². The van der Waals surface area contributed by atoms with Crippen LogP contribution in [0.3, 0.4) is 0 Å². The number of alkyl halides is 6. The summed E-state index contributed by atoms with van der Waals surface area (Å²) < 4.78 is 101. The molecule has 0 bridgehead atoms. The first-order chi connectivity index (χ1) is 24.9. The number of hydrogen-bond donors (Lipinski definition) is 2. The average molecular weight is 767 g/mol. The molecule has 4 rings (SSSR count). The Morgan fingerprint density at radius 1 is 1.09 bits per heavy atom. The van der Waals surface area contributed by atoms with Crippen LogP contribution in [-0.4, -0.2) is 46.9 Å². The van der Waals surface area contributed by atoms with E-state index in [1.807, 2.05) is 0 Å². The molecule has 2 atom stereocenters. The first-order valence-electron chi connectivity index (χ1n) is 15.8. The van der Waals surface area contributed by atoms with Crippen molar-refractivity contribution in [3.8, 4) is 17.4 Å². The minimum Gasteiger partial charge on any atom is -0.507 e. The molecule has 0 amide bonds. The summed E-state index contributed by atoms with van der Waals surface area (Å²) in [5.41, 5.74) is -2.86. The Hall–Kier alpha value is -5.22. The second kappa shape index (κ2) is 17.1. The lowest BCUT2D eigenvalue weighted by atomic mass is 9.88. The van der Waals surface area contributed by atoms with Crippen molar-refractivity contribution in [1.29, 1.82) is 0 Å². The second-order valence-corrected chi connectivity index (χ2v) is 12.2. The Labute approximate surface area is 303 Å². The fourth-order valence-electron chi connectivity index (χ4n) is 5.36. The summed E-state index contributed by atoms with van der Waals surface area (Å²) in [6.07, 6.45) is -5.53. The quantitative estimate of drug-likeness (QED) is 0.0471. The number of ketones is 1. The summed E-state index contributed by atoms with van der Waals surface area (Å²) in [5, 5.41) is 22.0. The van der Waals surface area contributed by atoms with Crippen molar-refractivity contribution in [2.75, 3.05) is 13.7 Å². The van der Waals surface area contributed by atoms with Crippen LogP contribution < -0.4 is 25.5 Å². The van der Waals surface area contributed by atoms with E-state index in [1.54, 1.807) is 0 Å². The third-order valence-electron chi connectivity index (χ3n) is 7.93. The van der Waals surface area contributed by atoms with Crippen LogP contribution in [0.25, 0.3) is 12.2 Å². The van der Waals surface area contributed by atoms with Gasteiger partial charge in [0.25, 0.3) is 0 Å². The maximum absolute atomic E-state index is 13.9. The number of thiocarbonyl (C=S) groups is 1. The number of carbonyl (C=O) groups excluding carboxylic acids is 2. The summed E-state index contributed by atoms with van der Waals surface area (Å²) in [6.45, 7) is 1.06. The van der Waals surface area contributed by atoms with Gasteiger partial charge in [-0.2, -0.15) is 26.3 Å². The highest BCUT2D eigenvalue weighted by molar-refractivity contribution is 7.81. The maximum Gasteiger partial charge on any atom is 0.516 e. The molecule has 53 heavy (non-hydrogen) atoms. The number of ether oxygens (including phenoxy) is 3. The van der Waals surface area contributed by atoms with Gasteiger partial charge in [0.2, 0.25) is 0 Å². The number of aliphatic hydroxyl groups is 1. The lowest BCUT2D eigenvalue weighted by Crippen LogP contribution is -2.44. The number of benzene rings is 2. The molecule has 2 N–H and O–H groups in total. The number of allylic oxidation sites excluding steroid dienone is 2. The molecule has 9 nitrogen and oxygen atoms in total. The second-order valence-electron chi connectivity index (χ2n) is 11.6. The number of aromatic hydroxyl groups is 1. The van der Waals surface area contributed by atoms with Crippen molar-refractivity contribution >= 4 is 41.2 Å². The standard InChI is InChI=1S/C37H32F6O9S/c1-20(44)24-13-14-28(26(32(24)46)15-16-36(38,39)40)50-17-6-4-3-5-10-27(31(45)21-8-7-9-22(18-21)37(41,42)43)30-33(47)25-12-11-23(53)19-29(25)51-34(30)52-35(48)49-2/h3-5,7-10,12-14,18-19,27,31,45-46H,6,11,15-17H2,1-2H3/b4-3-,10-5+/t27-,31-/m0/s1. The van der Waals surface area contributed by atoms with Gasteiger partial charge in [0, 0.05) is 29.2 Å². The van der Waals surface area contributed by atoms with Gasteiger partial charge in [-0.25, -0.2) is 4.79 Å². The van der Waals surface area contributed by atoms with E-state index in [4.69, 9.17) is 26.1 Å². The minimum absolute atomic E-state index is 0.0186. The van der Waals surface area contributed by atoms with Gasteiger partial charge < -0.3 is 28.8 Å². The minimum atomic E-state index is -4.76. The van der Waals surface area contributed by atoms with Crippen molar-refractivity contribution < 1.29 is 64.8 Å². The molecule has 0 radical (unpaired) electrons. The van der Waals surface area contributed by atoms with E-state index in [1.165, 1.54) is 54.7 Å². The van der Waals surface area contributed by atoms with Gasteiger partial charge in [0.05, 0.1) is 41.7 Å². The summed E-state index contributed by atoms with van der Waals surface area (Å²) in [7, 11) is 0.990. The van der Waals surface area contributed by atoms with Crippen molar-refractivity contribution in [2.24, 2.45) is 0 Å². The molecule has 3 aromatic rings. The predicted molar refractivity (Wildman–Crippen MR) is 183 cm³/mol. The van der Waals surface area contributed by atoms with Gasteiger partial charge >= 0.3 is 24.5 Å². The molecule has 1 heterocycles. The monoisotopic (exact) mass is 766 g/mol. The van der Waals surface area contributed by atoms with Crippen LogP contribution in [0.2, 0.25) is 0 Å². The van der Waals surface area contributed by atoms with E-state index < -0.39 is 77.4 Å². The van der Waals surface area contributed by atoms with Crippen LogP contribution in [0, 0.1) is 0 Å². The van der Waals surface area contributed by atoms with Crippen LogP contribution in [-0.2, 0) is 17.3 Å². The number of methoxy groups -OCH3 is 1. The molecule has 16 heteroatoms. The maximum atomic E-state index is 13.9. The highest BCUT2D eigenvalue weighted by atomic mass is 32.1. The number of fused-ring (bicyclic) bond motifs is 1. The van der Waals surface area contributed by atoms with Gasteiger partial charge in [0.15, 0.2) is 11.2 Å². The highest BCUT2D eigenvalue weighted by Crippen LogP contribution is 2.38. The Kier molecular flexibility index (Phi) is 13.1. The normalized spacial score (nSPS) is 14.3. The van der Waals surface area contributed by atoms with E-state index in [0.29, 0.717) is 10.9 Å². The van der Waals surface area contributed by atoms with Crippen LogP contribution in [0.4, 0.5) is 31.1 Å². The molecule has 0 saturated carbocycles. The molecular formula is C37H32F6O9S. The lowest BCUT2D eigenvalue weighted by Gasteiger charge is -2.22. The Morgan fingerprint density at radius 2 is 1.83 bits per heavy atom.